The topological polar surface area (TPSA) is 136 Å². The lowest BCUT2D eigenvalue weighted by molar-refractivity contribution is 0.0322. The number of fused-ring (bicyclic) bond motifs is 1. The molecule has 1 aromatic heterocycles. The molecule has 3 aromatic rings. The normalized spacial score (nSPS) is 14.0. The zero-order valence-electron chi connectivity index (χ0n) is 20.4. The summed E-state index contributed by atoms with van der Waals surface area (Å²) in [5.41, 5.74) is 1.24. The highest BCUT2D eigenvalue weighted by Crippen LogP contribution is 2.18. The Kier molecular flexibility index (Phi) is 8.29. The molecule has 190 valence electrons. The van der Waals surface area contributed by atoms with E-state index in [0.29, 0.717) is 29.6 Å². The smallest absolute Gasteiger partial charge is 0.291 e. The number of H-pyrrole nitrogens is 1. The van der Waals surface area contributed by atoms with Crippen LogP contribution in [0.5, 0.6) is 5.75 Å². The molecule has 2 heterocycles. The maximum absolute atomic E-state index is 12.9. The molecular weight excluding hydrogens is 460 g/mol. The van der Waals surface area contributed by atoms with E-state index in [4.69, 9.17) is 20.3 Å². The second-order valence-electron chi connectivity index (χ2n) is 8.66. The van der Waals surface area contributed by atoms with Crippen LogP contribution in [0.4, 0.5) is 0 Å². The highest BCUT2D eigenvalue weighted by atomic mass is 16.5. The standard InChI is InChI=1S/C26H32N6O4/c1-2-5-23(27)32-21-9-8-18(16-20(21)30-26(34)24(32)28)25(33)29-17-19-6-3-4-7-22(19)36-15-12-31-10-13-35-14-11-31/h3-4,6-9,16,27-28H,2,5,10-15,17H2,1H3,(H,29,33)(H,30,34). The fourth-order valence-corrected chi connectivity index (χ4v) is 4.18. The molecule has 1 fully saturated rings. The summed E-state index contributed by atoms with van der Waals surface area (Å²) >= 11 is 0. The van der Waals surface area contributed by atoms with Crippen LogP contribution in [0.3, 0.4) is 0 Å². The molecule has 1 aliphatic rings. The molecule has 0 unspecified atom stereocenters. The molecule has 1 aliphatic heterocycles. The van der Waals surface area contributed by atoms with Crippen LogP contribution >= 0.6 is 0 Å². The molecule has 10 heteroatoms. The van der Waals surface area contributed by atoms with Crippen molar-refractivity contribution >= 4 is 22.8 Å². The minimum Gasteiger partial charge on any atom is -0.492 e. The van der Waals surface area contributed by atoms with E-state index in [0.717, 1.165) is 50.6 Å². The van der Waals surface area contributed by atoms with Crippen molar-refractivity contribution in [2.45, 2.75) is 26.3 Å². The van der Waals surface area contributed by atoms with Crippen LogP contribution in [-0.4, -0.2) is 65.6 Å². The number of nitrogens with zero attached hydrogens (tertiary/aromatic N) is 2. The van der Waals surface area contributed by atoms with Gasteiger partial charge < -0.3 is 19.8 Å². The molecule has 0 aliphatic carbocycles. The molecule has 4 rings (SSSR count). The minimum absolute atomic E-state index is 0.168. The molecule has 10 nitrogen and oxygen atoms in total. The number of nitrogens with one attached hydrogen (secondary N) is 4. The van der Waals surface area contributed by atoms with Gasteiger partial charge in [-0.15, -0.1) is 0 Å². The lowest BCUT2D eigenvalue weighted by Gasteiger charge is -2.26. The van der Waals surface area contributed by atoms with Gasteiger partial charge in [0.1, 0.15) is 18.2 Å². The van der Waals surface area contributed by atoms with Crippen LogP contribution in [0.1, 0.15) is 35.7 Å². The van der Waals surface area contributed by atoms with Crippen LogP contribution in [-0.2, 0) is 11.3 Å². The van der Waals surface area contributed by atoms with Crippen molar-refractivity contribution in [3.05, 3.63) is 69.4 Å². The summed E-state index contributed by atoms with van der Waals surface area (Å²) in [5.74, 6) is 0.597. The molecule has 0 radical (unpaired) electrons. The first-order valence-electron chi connectivity index (χ1n) is 12.2. The zero-order valence-corrected chi connectivity index (χ0v) is 20.4. The van der Waals surface area contributed by atoms with Crippen molar-refractivity contribution < 1.29 is 14.3 Å². The molecule has 4 N–H and O–H groups in total. The lowest BCUT2D eigenvalue weighted by Crippen LogP contribution is -2.39. The molecule has 0 saturated carbocycles. The van der Waals surface area contributed by atoms with Crippen molar-refractivity contribution in [1.82, 2.24) is 19.8 Å². The van der Waals surface area contributed by atoms with E-state index in [1.165, 1.54) is 4.57 Å². The first kappa shape index (κ1) is 25.3. The number of rotatable bonds is 9. The summed E-state index contributed by atoms with van der Waals surface area (Å²) in [4.78, 5) is 30.2. The molecule has 1 saturated heterocycles. The number of benzene rings is 2. The zero-order chi connectivity index (χ0) is 25.5. The fraction of sp³-hybridized carbons (Fsp3) is 0.385. The maximum atomic E-state index is 12.9. The number of carbonyl (C=O) groups excluding carboxylic acids is 1. The van der Waals surface area contributed by atoms with E-state index < -0.39 is 5.56 Å². The Bertz CT molecular complexity index is 1360. The highest BCUT2D eigenvalue weighted by Gasteiger charge is 2.14. The van der Waals surface area contributed by atoms with Crippen LogP contribution < -0.4 is 21.1 Å². The van der Waals surface area contributed by atoms with Crippen molar-refractivity contribution in [1.29, 1.82) is 10.8 Å². The SMILES string of the molecule is CCCC(=N)n1c(=N)c(=O)[nH]c2cc(C(=O)NCc3ccccc3OCCN3CCOCC3)ccc21. The number of aromatic amines is 1. The minimum atomic E-state index is -0.607. The Morgan fingerprint density at radius 2 is 1.97 bits per heavy atom. The summed E-state index contributed by atoms with van der Waals surface area (Å²) in [6.07, 6.45) is 1.16. The summed E-state index contributed by atoms with van der Waals surface area (Å²) in [6, 6.07) is 12.5. The number of carbonyl (C=O) groups is 1. The second kappa shape index (κ2) is 11.8. The van der Waals surface area contributed by atoms with E-state index in [-0.39, 0.29) is 23.8 Å². The number of para-hydroxylation sites is 1. The summed E-state index contributed by atoms with van der Waals surface area (Å²) in [6.45, 7) is 6.89. The molecule has 0 bridgehead atoms. The van der Waals surface area contributed by atoms with Gasteiger partial charge in [-0.05, 0) is 30.7 Å². The van der Waals surface area contributed by atoms with E-state index >= 15 is 0 Å². The molecule has 36 heavy (non-hydrogen) atoms. The van der Waals surface area contributed by atoms with Crippen molar-refractivity contribution in [2.24, 2.45) is 0 Å². The molecular formula is C26H32N6O4. The summed E-state index contributed by atoms with van der Waals surface area (Å²) < 4.78 is 12.7. The average molecular weight is 493 g/mol. The van der Waals surface area contributed by atoms with Crippen LogP contribution in [0.15, 0.2) is 47.3 Å². The van der Waals surface area contributed by atoms with Crippen LogP contribution in [0, 0.1) is 10.8 Å². The predicted octanol–water partition coefficient (Wildman–Crippen LogP) is 2.08. The van der Waals surface area contributed by atoms with E-state index in [1.807, 2.05) is 31.2 Å². The average Bonchev–Trinajstić information content (AvgIpc) is 2.89. The van der Waals surface area contributed by atoms with E-state index in [1.54, 1.807) is 18.2 Å². The fourth-order valence-electron chi connectivity index (χ4n) is 4.18. The van der Waals surface area contributed by atoms with Gasteiger partial charge in [-0.25, -0.2) is 0 Å². The first-order valence-corrected chi connectivity index (χ1v) is 12.2. The molecule has 0 spiro atoms. The third-order valence-electron chi connectivity index (χ3n) is 6.12. The highest BCUT2D eigenvalue weighted by molar-refractivity contribution is 5.98. The summed E-state index contributed by atoms with van der Waals surface area (Å²) in [5, 5.41) is 19.3. The molecule has 0 atom stereocenters. The monoisotopic (exact) mass is 492 g/mol. The van der Waals surface area contributed by atoms with Crippen LogP contribution in [0.25, 0.3) is 11.0 Å². The van der Waals surface area contributed by atoms with Gasteiger partial charge >= 0.3 is 0 Å². The van der Waals surface area contributed by atoms with Gasteiger partial charge in [0.05, 0.1) is 24.2 Å². The van der Waals surface area contributed by atoms with Gasteiger partial charge in [0.2, 0.25) is 0 Å². The van der Waals surface area contributed by atoms with Crippen LogP contribution in [0.2, 0.25) is 0 Å². The third kappa shape index (κ3) is 5.89. The number of ether oxygens (including phenoxy) is 2. The van der Waals surface area contributed by atoms with Crippen molar-refractivity contribution in [3.8, 4) is 5.75 Å². The largest absolute Gasteiger partial charge is 0.492 e. The maximum Gasteiger partial charge on any atom is 0.291 e. The number of hydrogen-bond acceptors (Lipinski definition) is 7. The molecule has 1 amide bonds. The quantitative estimate of drug-likeness (QED) is 0.268. The van der Waals surface area contributed by atoms with Crippen molar-refractivity contribution in [2.75, 3.05) is 39.5 Å². The van der Waals surface area contributed by atoms with E-state index in [9.17, 15) is 9.59 Å². The third-order valence-corrected chi connectivity index (χ3v) is 6.12. The summed E-state index contributed by atoms with van der Waals surface area (Å²) in [7, 11) is 0. The Morgan fingerprint density at radius 3 is 2.75 bits per heavy atom. The van der Waals surface area contributed by atoms with E-state index in [2.05, 4.69) is 15.2 Å². The number of amides is 1. The Labute approximate surface area is 208 Å². The Hall–Kier alpha value is -3.76. The molecule has 2 aromatic carbocycles. The lowest BCUT2D eigenvalue weighted by atomic mass is 10.1. The van der Waals surface area contributed by atoms with Crippen molar-refractivity contribution in [3.63, 3.8) is 0 Å². The number of hydrogen-bond donors (Lipinski definition) is 4. The van der Waals surface area contributed by atoms with Gasteiger partial charge in [-0.2, -0.15) is 0 Å². The second-order valence-corrected chi connectivity index (χ2v) is 8.66. The van der Waals surface area contributed by atoms with Gasteiger partial charge in [-0.3, -0.25) is 29.9 Å². The van der Waals surface area contributed by atoms with Gasteiger partial charge in [0, 0.05) is 43.7 Å². The Morgan fingerprint density at radius 1 is 1.19 bits per heavy atom. The van der Waals surface area contributed by atoms with Gasteiger partial charge in [-0.1, -0.05) is 25.1 Å². The van der Waals surface area contributed by atoms with Gasteiger partial charge in [0.15, 0.2) is 5.49 Å². The predicted molar refractivity (Wildman–Crippen MR) is 137 cm³/mol. The number of aromatic nitrogens is 2. The Balaban J connectivity index is 1.45. The number of morpholine rings is 1. The van der Waals surface area contributed by atoms with Gasteiger partial charge in [0.25, 0.3) is 11.5 Å². The first-order chi connectivity index (χ1) is 17.5.